The maximum absolute atomic E-state index is 11.6. The van der Waals surface area contributed by atoms with E-state index in [1.807, 2.05) is 42.1 Å². The lowest BCUT2D eigenvalue weighted by Gasteiger charge is -2.33. The third-order valence-electron chi connectivity index (χ3n) is 4.71. The third kappa shape index (κ3) is 7.88. The number of halogens is 3. The Bertz CT molecular complexity index is 1010. The van der Waals surface area contributed by atoms with Crippen molar-refractivity contribution in [1.29, 1.82) is 0 Å². The molecule has 0 aliphatic carbocycles. The van der Waals surface area contributed by atoms with Gasteiger partial charge in [0.15, 0.2) is 0 Å². The smallest absolute Gasteiger partial charge is 0.475 e. The van der Waals surface area contributed by atoms with E-state index in [-0.39, 0.29) is 11.8 Å². The van der Waals surface area contributed by atoms with Crippen molar-refractivity contribution in [3.63, 3.8) is 0 Å². The normalized spacial score (nSPS) is 16.7. The highest BCUT2D eigenvalue weighted by Gasteiger charge is 2.38. The number of alkyl halides is 3. The van der Waals surface area contributed by atoms with Crippen LogP contribution in [0.25, 0.3) is 0 Å². The van der Waals surface area contributed by atoms with Crippen LogP contribution >= 0.6 is 0 Å². The van der Waals surface area contributed by atoms with Crippen LogP contribution < -0.4 is 4.72 Å². The average Bonchev–Trinajstić information content (AvgIpc) is 3.16. The maximum atomic E-state index is 11.6. The first-order valence-corrected chi connectivity index (χ1v) is 11.5. The van der Waals surface area contributed by atoms with Crippen molar-refractivity contribution in [1.82, 2.24) is 24.4 Å². The molecule has 13 heteroatoms. The molecule has 3 heterocycles. The Morgan fingerprint density at radius 1 is 1.31 bits per heavy atom. The van der Waals surface area contributed by atoms with Crippen molar-refractivity contribution >= 4 is 16.0 Å². The van der Waals surface area contributed by atoms with Crippen LogP contribution in [0.3, 0.4) is 0 Å². The van der Waals surface area contributed by atoms with Gasteiger partial charge in [0.25, 0.3) is 0 Å². The van der Waals surface area contributed by atoms with Crippen molar-refractivity contribution in [2.24, 2.45) is 0 Å². The lowest BCUT2D eigenvalue weighted by Crippen LogP contribution is -2.39. The predicted octanol–water partition coefficient (Wildman–Crippen LogP) is 2.11. The summed E-state index contributed by atoms with van der Waals surface area (Å²) in [6.07, 6.45) is -2.56. The molecular formula is C19H26F3N5O4S. The van der Waals surface area contributed by atoms with Gasteiger partial charge in [-0.1, -0.05) is 6.07 Å². The fraction of sp³-hybridized carbons (Fsp3) is 0.526. The van der Waals surface area contributed by atoms with Gasteiger partial charge in [-0.2, -0.15) is 18.3 Å². The Kier molecular flexibility index (Phi) is 8.75. The van der Waals surface area contributed by atoms with E-state index in [0.717, 1.165) is 36.7 Å². The highest BCUT2D eigenvalue weighted by molar-refractivity contribution is 7.89. The number of carbonyl (C=O) groups is 1. The maximum Gasteiger partial charge on any atom is 0.490 e. The molecule has 0 saturated heterocycles. The summed E-state index contributed by atoms with van der Waals surface area (Å²) in [7, 11) is -3.15. The fourth-order valence-corrected chi connectivity index (χ4v) is 3.83. The zero-order chi connectivity index (χ0) is 23.9. The van der Waals surface area contributed by atoms with Crippen LogP contribution in [0.1, 0.15) is 36.5 Å². The number of carboxylic acid groups (broad SMARTS) is 1. The average molecular weight is 478 g/mol. The molecule has 1 unspecified atom stereocenters. The summed E-state index contributed by atoms with van der Waals surface area (Å²) in [5, 5.41) is 11.6. The third-order valence-corrected chi connectivity index (χ3v) is 6.11. The molecule has 2 aromatic heterocycles. The molecule has 9 nitrogen and oxygen atoms in total. The lowest BCUT2D eigenvalue weighted by molar-refractivity contribution is -0.192. The largest absolute Gasteiger partial charge is 0.490 e. The summed E-state index contributed by atoms with van der Waals surface area (Å²) >= 11 is 0. The standard InChI is InChI=1S/C17H25N5O2S.C2HF3O2/c1-3-25(23,24)19-10-8-17-13-21(12-16-7-9-18-22(16)17)11-15-6-4-5-14(2)20-15;3-2(4,5)1(6)7/h4-7,9,17,19H,3,8,10-13H2,1-2H3;(H,6,7). The fourth-order valence-electron chi connectivity index (χ4n) is 3.20. The minimum atomic E-state index is -5.08. The number of nitrogens with one attached hydrogen (secondary N) is 1. The van der Waals surface area contributed by atoms with E-state index in [9.17, 15) is 21.6 Å². The highest BCUT2D eigenvalue weighted by atomic mass is 32.2. The molecule has 0 fully saturated rings. The van der Waals surface area contributed by atoms with Crippen LogP contribution in [0.15, 0.2) is 30.5 Å². The number of carboxylic acids is 1. The topological polar surface area (TPSA) is 117 Å². The van der Waals surface area contributed by atoms with Gasteiger partial charge in [-0.3, -0.25) is 14.6 Å². The summed E-state index contributed by atoms with van der Waals surface area (Å²) in [6, 6.07) is 8.26. The first-order valence-electron chi connectivity index (χ1n) is 9.86. The summed E-state index contributed by atoms with van der Waals surface area (Å²) in [5.74, 6) is -2.65. The number of sulfonamides is 1. The van der Waals surface area contributed by atoms with E-state index >= 15 is 0 Å². The SMILES string of the molecule is CCS(=O)(=O)NCCC1CN(Cc2cccc(C)n2)Cc2ccnn21.O=C(O)C(F)(F)F. The quantitative estimate of drug-likeness (QED) is 0.627. The summed E-state index contributed by atoms with van der Waals surface area (Å²) in [4.78, 5) is 15.8. The summed E-state index contributed by atoms with van der Waals surface area (Å²) < 4.78 is 59.7. The zero-order valence-electron chi connectivity index (χ0n) is 17.7. The van der Waals surface area contributed by atoms with Gasteiger partial charge in [-0.15, -0.1) is 0 Å². The van der Waals surface area contributed by atoms with E-state index in [2.05, 4.69) is 19.7 Å². The molecule has 0 radical (unpaired) electrons. The number of pyridine rings is 1. The molecule has 0 amide bonds. The Balaban J connectivity index is 0.000000451. The van der Waals surface area contributed by atoms with E-state index in [0.29, 0.717) is 13.0 Å². The zero-order valence-corrected chi connectivity index (χ0v) is 18.5. The molecule has 0 spiro atoms. The van der Waals surface area contributed by atoms with Crippen molar-refractivity contribution in [3.05, 3.63) is 47.5 Å². The second kappa shape index (κ2) is 10.9. The number of aliphatic carboxylic acids is 1. The van der Waals surface area contributed by atoms with Crippen LogP contribution in [-0.4, -0.2) is 64.2 Å². The van der Waals surface area contributed by atoms with Gasteiger partial charge in [-0.25, -0.2) is 17.9 Å². The number of hydrogen-bond acceptors (Lipinski definition) is 6. The molecule has 3 rings (SSSR count). The van der Waals surface area contributed by atoms with Gasteiger partial charge in [-0.05, 0) is 38.5 Å². The minimum Gasteiger partial charge on any atom is -0.475 e. The number of hydrogen-bond donors (Lipinski definition) is 2. The Hall–Kier alpha value is -2.51. The van der Waals surface area contributed by atoms with Crippen LogP contribution in [-0.2, 0) is 27.9 Å². The van der Waals surface area contributed by atoms with E-state index in [1.54, 1.807) is 6.92 Å². The summed E-state index contributed by atoms with van der Waals surface area (Å²) in [6.45, 7) is 6.51. The van der Waals surface area contributed by atoms with E-state index in [4.69, 9.17) is 9.90 Å². The van der Waals surface area contributed by atoms with Crippen molar-refractivity contribution in [2.45, 2.75) is 45.6 Å². The molecule has 32 heavy (non-hydrogen) atoms. The number of fused-ring (bicyclic) bond motifs is 1. The van der Waals surface area contributed by atoms with Crippen LogP contribution in [0, 0.1) is 6.92 Å². The van der Waals surface area contributed by atoms with E-state index in [1.165, 1.54) is 0 Å². The van der Waals surface area contributed by atoms with Gasteiger partial charge in [0.2, 0.25) is 10.0 Å². The number of nitrogens with zero attached hydrogens (tertiary/aromatic N) is 4. The van der Waals surface area contributed by atoms with Crippen LogP contribution in [0.5, 0.6) is 0 Å². The Morgan fingerprint density at radius 2 is 2.00 bits per heavy atom. The lowest BCUT2D eigenvalue weighted by atomic mass is 10.1. The monoisotopic (exact) mass is 477 g/mol. The molecular weight excluding hydrogens is 451 g/mol. The highest BCUT2D eigenvalue weighted by Crippen LogP contribution is 2.24. The summed E-state index contributed by atoms with van der Waals surface area (Å²) in [5.41, 5.74) is 3.23. The van der Waals surface area contributed by atoms with Gasteiger partial charge in [0.1, 0.15) is 0 Å². The first kappa shape index (κ1) is 25.7. The Labute approximate surface area is 184 Å². The molecule has 1 aliphatic rings. The van der Waals surface area contributed by atoms with Crippen LogP contribution in [0.4, 0.5) is 13.2 Å². The molecule has 0 bridgehead atoms. The first-order chi connectivity index (χ1) is 14.9. The predicted molar refractivity (Wildman–Crippen MR) is 110 cm³/mol. The van der Waals surface area contributed by atoms with E-state index < -0.39 is 22.2 Å². The van der Waals surface area contributed by atoms with Crippen molar-refractivity contribution < 1.29 is 31.5 Å². The second-order valence-electron chi connectivity index (χ2n) is 7.25. The molecule has 0 aromatic carbocycles. The molecule has 178 valence electrons. The van der Waals surface area contributed by atoms with Crippen molar-refractivity contribution in [2.75, 3.05) is 18.8 Å². The minimum absolute atomic E-state index is 0.107. The van der Waals surface area contributed by atoms with Gasteiger partial charge >= 0.3 is 12.1 Å². The number of aryl methyl sites for hydroxylation is 1. The number of aromatic nitrogens is 3. The molecule has 1 aliphatic heterocycles. The Morgan fingerprint density at radius 3 is 2.59 bits per heavy atom. The second-order valence-corrected chi connectivity index (χ2v) is 9.35. The van der Waals surface area contributed by atoms with Gasteiger partial charge < -0.3 is 5.11 Å². The molecule has 2 aromatic rings. The molecule has 1 atom stereocenters. The van der Waals surface area contributed by atoms with Crippen LogP contribution in [0.2, 0.25) is 0 Å². The van der Waals surface area contributed by atoms with Gasteiger partial charge in [0, 0.05) is 38.1 Å². The van der Waals surface area contributed by atoms with Crippen molar-refractivity contribution in [3.8, 4) is 0 Å². The molecule has 2 N–H and O–H groups in total. The molecule has 0 saturated carbocycles. The number of rotatable bonds is 7. The van der Waals surface area contributed by atoms with Gasteiger partial charge in [0.05, 0.1) is 23.2 Å².